The highest BCUT2D eigenvalue weighted by molar-refractivity contribution is 7.92. The third-order valence-electron chi connectivity index (χ3n) is 3.68. The monoisotopic (exact) mass is 394 g/mol. The van der Waals surface area contributed by atoms with Crippen LogP contribution in [0.15, 0.2) is 42.5 Å². The number of rotatable bonds is 8. The second kappa shape index (κ2) is 8.63. The predicted octanol–water partition coefficient (Wildman–Crippen LogP) is 2.12. The Bertz CT molecular complexity index is 874. The summed E-state index contributed by atoms with van der Waals surface area (Å²) in [6, 6.07) is 11.7. The molecule has 0 unspecified atom stereocenters. The Kier molecular flexibility index (Phi) is 6.51. The van der Waals surface area contributed by atoms with Gasteiger partial charge in [0.25, 0.3) is 0 Å². The van der Waals surface area contributed by atoms with Crippen molar-refractivity contribution in [3.8, 4) is 17.2 Å². The van der Waals surface area contributed by atoms with E-state index in [9.17, 15) is 13.2 Å². The van der Waals surface area contributed by atoms with Gasteiger partial charge < -0.3 is 19.5 Å². The molecule has 0 saturated carbocycles. The fourth-order valence-corrected chi connectivity index (χ4v) is 3.30. The lowest BCUT2D eigenvalue weighted by atomic mass is 10.2. The van der Waals surface area contributed by atoms with Crippen LogP contribution in [0.4, 0.5) is 11.4 Å². The minimum Gasteiger partial charge on any atom is -0.493 e. The highest BCUT2D eigenvalue weighted by Gasteiger charge is 2.24. The van der Waals surface area contributed by atoms with E-state index in [2.05, 4.69) is 5.32 Å². The van der Waals surface area contributed by atoms with Crippen molar-refractivity contribution in [3.63, 3.8) is 0 Å². The van der Waals surface area contributed by atoms with Crippen LogP contribution in [-0.2, 0) is 14.8 Å². The zero-order chi connectivity index (χ0) is 20.0. The highest BCUT2D eigenvalue weighted by Crippen LogP contribution is 2.41. The average Bonchev–Trinajstić information content (AvgIpc) is 2.64. The third kappa shape index (κ3) is 5.04. The van der Waals surface area contributed by atoms with Crippen molar-refractivity contribution in [1.82, 2.24) is 0 Å². The second-order valence-electron chi connectivity index (χ2n) is 5.57. The summed E-state index contributed by atoms with van der Waals surface area (Å²) < 4.78 is 41.3. The SMILES string of the molecule is COc1cc(N(CC(=O)Nc2ccccc2)S(C)(=O)=O)cc(OC)c1OC. The van der Waals surface area contributed by atoms with Gasteiger partial charge in [-0.3, -0.25) is 9.10 Å². The number of hydrogen-bond donors (Lipinski definition) is 1. The van der Waals surface area contributed by atoms with Crippen LogP contribution in [0.3, 0.4) is 0 Å². The number of benzene rings is 2. The number of nitrogens with zero attached hydrogens (tertiary/aromatic N) is 1. The zero-order valence-electron chi connectivity index (χ0n) is 15.6. The van der Waals surface area contributed by atoms with Gasteiger partial charge in [-0.1, -0.05) is 18.2 Å². The van der Waals surface area contributed by atoms with Crippen LogP contribution in [0.5, 0.6) is 17.2 Å². The molecule has 0 bridgehead atoms. The van der Waals surface area contributed by atoms with E-state index in [0.717, 1.165) is 10.6 Å². The molecule has 0 aliphatic rings. The molecule has 1 N–H and O–H groups in total. The maximum absolute atomic E-state index is 12.4. The van der Waals surface area contributed by atoms with Crippen LogP contribution in [0.25, 0.3) is 0 Å². The number of para-hydroxylation sites is 1. The molecule has 0 atom stereocenters. The van der Waals surface area contributed by atoms with Crippen LogP contribution in [0.2, 0.25) is 0 Å². The van der Waals surface area contributed by atoms with E-state index in [4.69, 9.17) is 14.2 Å². The van der Waals surface area contributed by atoms with Gasteiger partial charge in [-0.05, 0) is 12.1 Å². The Balaban J connectivity index is 2.38. The zero-order valence-corrected chi connectivity index (χ0v) is 16.4. The average molecular weight is 394 g/mol. The molecule has 8 nitrogen and oxygen atoms in total. The molecule has 1 amide bonds. The van der Waals surface area contributed by atoms with Crippen molar-refractivity contribution in [1.29, 1.82) is 0 Å². The fraction of sp³-hybridized carbons (Fsp3) is 0.278. The van der Waals surface area contributed by atoms with Gasteiger partial charge in [-0.25, -0.2) is 8.42 Å². The van der Waals surface area contributed by atoms with Gasteiger partial charge in [0.1, 0.15) is 6.54 Å². The Labute approximate surface area is 158 Å². The lowest BCUT2D eigenvalue weighted by molar-refractivity contribution is -0.114. The quantitative estimate of drug-likeness (QED) is 0.737. The summed E-state index contributed by atoms with van der Waals surface area (Å²) in [5.74, 6) is 0.402. The Morgan fingerprint density at radius 3 is 2.00 bits per heavy atom. The van der Waals surface area contributed by atoms with Crippen molar-refractivity contribution in [2.24, 2.45) is 0 Å². The number of sulfonamides is 1. The standard InChI is InChI=1S/C18H22N2O6S/c1-24-15-10-14(11-16(25-2)18(15)26-3)20(27(4,22)23)12-17(21)19-13-8-6-5-7-9-13/h5-11H,12H2,1-4H3,(H,19,21). The largest absolute Gasteiger partial charge is 0.493 e. The van der Waals surface area contributed by atoms with Gasteiger partial charge in [0.15, 0.2) is 11.5 Å². The Hall–Kier alpha value is -2.94. The lowest BCUT2D eigenvalue weighted by Crippen LogP contribution is -2.37. The van der Waals surface area contributed by atoms with Gasteiger partial charge in [-0.2, -0.15) is 0 Å². The van der Waals surface area contributed by atoms with Crippen LogP contribution < -0.4 is 23.8 Å². The molecule has 0 aliphatic heterocycles. The number of carbonyl (C=O) groups excluding carboxylic acids is 1. The first-order valence-corrected chi connectivity index (χ1v) is 9.77. The van der Waals surface area contributed by atoms with Crippen LogP contribution in [0.1, 0.15) is 0 Å². The molecule has 0 radical (unpaired) electrons. The van der Waals surface area contributed by atoms with Crippen molar-refractivity contribution < 1.29 is 27.4 Å². The number of ether oxygens (including phenoxy) is 3. The highest BCUT2D eigenvalue weighted by atomic mass is 32.2. The molecular formula is C18H22N2O6S. The molecule has 2 aromatic carbocycles. The molecule has 9 heteroatoms. The van der Waals surface area contributed by atoms with Gasteiger partial charge in [-0.15, -0.1) is 0 Å². The maximum atomic E-state index is 12.4. The first-order valence-electron chi connectivity index (χ1n) is 7.92. The van der Waals surface area contributed by atoms with Gasteiger partial charge in [0, 0.05) is 17.8 Å². The molecule has 0 aromatic heterocycles. The number of methoxy groups -OCH3 is 3. The molecule has 146 valence electrons. The normalized spacial score (nSPS) is 10.8. The minimum atomic E-state index is -3.75. The molecule has 0 fully saturated rings. The third-order valence-corrected chi connectivity index (χ3v) is 4.82. The van der Waals surface area contributed by atoms with E-state index in [-0.39, 0.29) is 17.2 Å². The van der Waals surface area contributed by atoms with E-state index in [1.165, 1.54) is 33.5 Å². The van der Waals surface area contributed by atoms with Crippen molar-refractivity contribution in [3.05, 3.63) is 42.5 Å². The van der Waals surface area contributed by atoms with Crippen LogP contribution >= 0.6 is 0 Å². The van der Waals surface area contributed by atoms with Gasteiger partial charge in [0.05, 0.1) is 33.3 Å². The summed E-state index contributed by atoms with van der Waals surface area (Å²) in [6.45, 7) is -0.410. The predicted molar refractivity (Wildman–Crippen MR) is 103 cm³/mol. The Morgan fingerprint density at radius 2 is 1.56 bits per heavy atom. The summed E-state index contributed by atoms with van der Waals surface area (Å²) in [6.07, 6.45) is 1.02. The maximum Gasteiger partial charge on any atom is 0.245 e. The Morgan fingerprint density at radius 1 is 1.00 bits per heavy atom. The van der Waals surface area contributed by atoms with E-state index in [0.29, 0.717) is 11.4 Å². The molecule has 27 heavy (non-hydrogen) atoms. The lowest BCUT2D eigenvalue weighted by Gasteiger charge is -2.24. The number of anilines is 2. The van der Waals surface area contributed by atoms with Crippen LogP contribution in [0, 0.1) is 0 Å². The fourth-order valence-electron chi connectivity index (χ4n) is 2.46. The molecule has 0 aliphatic carbocycles. The first-order chi connectivity index (χ1) is 12.8. The number of amides is 1. The summed E-state index contributed by atoms with van der Waals surface area (Å²) >= 11 is 0. The summed E-state index contributed by atoms with van der Waals surface area (Å²) in [5.41, 5.74) is 0.788. The van der Waals surface area contributed by atoms with Gasteiger partial charge >= 0.3 is 0 Å². The molecular weight excluding hydrogens is 372 g/mol. The minimum absolute atomic E-state index is 0.218. The van der Waals surface area contributed by atoms with E-state index in [1.807, 2.05) is 6.07 Å². The molecule has 2 rings (SSSR count). The smallest absolute Gasteiger partial charge is 0.245 e. The van der Waals surface area contributed by atoms with E-state index < -0.39 is 22.5 Å². The van der Waals surface area contributed by atoms with Gasteiger partial charge in [0.2, 0.25) is 21.7 Å². The summed E-state index contributed by atoms with van der Waals surface area (Å²) in [4.78, 5) is 12.4. The second-order valence-corrected chi connectivity index (χ2v) is 7.47. The molecule has 2 aromatic rings. The number of hydrogen-bond acceptors (Lipinski definition) is 6. The first kappa shape index (κ1) is 20.4. The van der Waals surface area contributed by atoms with Crippen molar-refractivity contribution >= 4 is 27.3 Å². The summed E-state index contributed by atoms with van der Waals surface area (Å²) in [7, 11) is 0.541. The van der Waals surface area contributed by atoms with E-state index >= 15 is 0 Å². The van der Waals surface area contributed by atoms with Crippen molar-refractivity contribution in [2.75, 3.05) is 43.8 Å². The topological polar surface area (TPSA) is 94.2 Å². The molecule has 0 heterocycles. The molecule has 0 spiro atoms. The number of nitrogens with one attached hydrogen (secondary N) is 1. The van der Waals surface area contributed by atoms with Crippen molar-refractivity contribution in [2.45, 2.75) is 0 Å². The number of carbonyl (C=O) groups is 1. The summed E-state index contributed by atoms with van der Waals surface area (Å²) in [5, 5.41) is 2.66. The van der Waals surface area contributed by atoms with E-state index in [1.54, 1.807) is 24.3 Å². The molecule has 0 saturated heterocycles. The van der Waals surface area contributed by atoms with Crippen LogP contribution in [-0.4, -0.2) is 48.5 Å².